The number of carbonyl (C=O) groups excluding carboxylic acids is 1. The Morgan fingerprint density at radius 1 is 1.35 bits per heavy atom. The van der Waals surface area contributed by atoms with Crippen LogP contribution in [0.5, 0.6) is 0 Å². The summed E-state index contributed by atoms with van der Waals surface area (Å²) in [6.07, 6.45) is 7.44. The first-order chi connectivity index (χ1) is 8.15. The molecule has 0 saturated heterocycles. The Kier molecular flexibility index (Phi) is 6.52. The summed E-state index contributed by atoms with van der Waals surface area (Å²) in [6, 6.07) is 0.173. The Labute approximate surface area is 104 Å². The van der Waals surface area contributed by atoms with Gasteiger partial charge in [0.15, 0.2) is 0 Å². The minimum absolute atomic E-state index is 0.126. The molecule has 0 bridgehead atoms. The molecule has 1 amide bonds. The first-order valence-electron chi connectivity index (χ1n) is 6.69. The van der Waals surface area contributed by atoms with E-state index in [2.05, 4.69) is 5.32 Å². The van der Waals surface area contributed by atoms with Gasteiger partial charge >= 0.3 is 0 Å². The molecule has 0 aromatic rings. The smallest absolute Gasteiger partial charge is 0.234 e. The van der Waals surface area contributed by atoms with Gasteiger partial charge in [-0.15, -0.1) is 0 Å². The van der Waals surface area contributed by atoms with E-state index in [0.717, 1.165) is 12.8 Å². The molecule has 4 heteroatoms. The van der Waals surface area contributed by atoms with Crippen molar-refractivity contribution in [1.82, 2.24) is 5.32 Å². The molecule has 1 aliphatic carbocycles. The Hall–Kier alpha value is -0.610. The summed E-state index contributed by atoms with van der Waals surface area (Å²) in [5, 5.41) is 3.43. The lowest BCUT2D eigenvalue weighted by atomic mass is 9.99. The van der Waals surface area contributed by atoms with E-state index in [-0.39, 0.29) is 17.9 Å². The number of methoxy groups -OCH3 is 1. The number of amides is 1. The maximum absolute atomic E-state index is 11.5. The molecule has 0 radical (unpaired) electrons. The maximum Gasteiger partial charge on any atom is 0.234 e. The van der Waals surface area contributed by atoms with Crippen molar-refractivity contribution >= 4 is 5.91 Å². The maximum atomic E-state index is 11.5. The summed E-state index contributed by atoms with van der Waals surface area (Å²) >= 11 is 0. The van der Waals surface area contributed by atoms with E-state index in [1.807, 2.05) is 6.92 Å². The molecule has 3 N–H and O–H groups in total. The summed E-state index contributed by atoms with van der Waals surface area (Å²) in [5.74, 6) is -0.139. The van der Waals surface area contributed by atoms with Gasteiger partial charge in [0, 0.05) is 19.1 Å². The normalized spacial score (nSPS) is 21.8. The average Bonchev–Trinajstić information content (AvgIpc) is 2.54. The lowest BCUT2D eigenvalue weighted by Gasteiger charge is -2.27. The summed E-state index contributed by atoms with van der Waals surface area (Å²) in [5.41, 5.74) is 5.47. The Bertz CT molecular complexity index is 225. The molecule has 100 valence electrons. The quantitative estimate of drug-likeness (QED) is 0.693. The van der Waals surface area contributed by atoms with Gasteiger partial charge in [-0.2, -0.15) is 0 Å². The molecule has 2 unspecified atom stereocenters. The van der Waals surface area contributed by atoms with Crippen LogP contribution in [0.15, 0.2) is 0 Å². The zero-order valence-electron chi connectivity index (χ0n) is 11.1. The predicted molar refractivity (Wildman–Crippen MR) is 68.6 cm³/mol. The van der Waals surface area contributed by atoms with Gasteiger partial charge in [-0.05, 0) is 12.8 Å². The summed E-state index contributed by atoms with van der Waals surface area (Å²) in [7, 11) is 1.65. The molecule has 1 fully saturated rings. The van der Waals surface area contributed by atoms with Crippen LogP contribution >= 0.6 is 0 Å². The number of hydrogen-bond acceptors (Lipinski definition) is 3. The number of ether oxygens (including phenoxy) is 1. The second-order valence-corrected chi connectivity index (χ2v) is 5.17. The third kappa shape index (κ3) is 5.04. The third-order valence-corrected chi connectivity index (χ3v) is 3.58. The molecule has 2 atom stereocenters. The average molecular weight is 242 g/mol. The van der Waals surface area contributed by atoms with Crippen molar-refractivity contribution in [2.75, 3.05) is 13.7 Å². The van der Waals surface area contributed by atoms with Crippen molar-refractivity contribution in [1.29, 1.82) is 0 Å². The van der Waals surface area contributed by atoms with E-state index in [1.165, 1.54) is 25.7 Å². The molecule has 0 aromatic heterocycles. The number of nitrogens with two attached hydrogens (primary N) is 1. The van der Waals surface area contributed by atoms with Crippen molar-refractivity contribution < 1.29 is 9.53 Å². The molecule has 0 aliphatic heterocycles. The van der Waals surface area contributed by atoms with Gasteiger partial charge in [0.25, 0.3) is 0 Å². The van der Waals surface area contributed by atoms with Crippen LogP contribution in [0.2, 0.25) is 0 Å². The number of primary amides is 1. The fourth-order valence-corrected chi connectivity index (χ4v) is 2.59. The monoisotopic (exact) mass is 242 g/mol. The molecule has 1 aliphatic rings. The zero-order chi connectivity index (χ0) is 12.7. The molecule has 0 heterocycles. The van der Waals surface area contributed by atoms with Crippen LogP contribution in [-0.2, 0) is 9.53 Å². The predicted octanol–water partition coefficient (Wildman–Crippen LogP) is 1.44. The highest BCUT2D eigenvalue weighted by atomic mass is 16.5. The van der Waals surface area contributed by atoms with Crippen molar-refractivity contribution in [2.45, 2.75) is 57.5 Å². The van der Waals surface area contributed by atoms with Crippen LogP contribution in [0.3, 0.4) is 0 Å². The third-order valence-electron chi connectivity index (χ3n) is 3.58. The summed E-state index contributed by atoms with van der Waals surface area (Å²) in [4.78, 5) is 11.5. The van der Waals surface area contributed by atoms with Gasteiger partial charge in [-0.1, -0.05) is 32.6 Å². The number of nitrogens with one attached hydrogen (secondary N) is 1. The van der Waals surface area contributed by atoms with Crippen molar-refractivity contribution in [3.63, 3.8) is 0 Å². The minimum Gasteiger partial charge on any atom is -0.384 e. The first kappa shape index (κ1) is 14.5. The van der Waals surface area contributed by atoms with Gasteiger partial charge in [-0.3, -0.25) is 4.79 Å². The first-order valence-corrected chi connectivity index (χ1v) is 6.69. The standard InChI is InChI=1S/C13H26N2O2/c1-10(9-17-2)12(13(14)16)15-11-7-5-3-4-6-8-11/h10-12,15H,3-9H2,1-2H3,(H2,14,16). The lowest BCUT2D eigenvalue weighted by molar-refractivity contribution is -0.122. The van der Waals surface area contributed by atoms with Crippen LogP contribution in [0.25, 0.3) is 0 Å². The van der Waals surface area contributed by atoms with Crippen LogP contribution in [0, 0.1) is 5.92 Å². The van der Waals surface area contributed by atoms with Gasteiger partial charge in [0.1, 0.15) is 0 Å². The largest absolute Gasteiger partial charge is 0.384 e. The molecule has 0 aromatic carbocycles. The minimum atomic E-state index is -0.266. The molecular formula is C13H26N2O2. The van der Waals surface area contributed by atoms with E-state index >= 15 is 0 Å². The van der Waals surface area contributed by atoms with Crippen molar-refractivity contribution in [3.05, 3.63) is 0 Å². The lowest BCUT2D eigenvalue weighted by Crippen LogP contribution is -2.51. The summed E-state index contributed by atoms with van der Waals surface area (Å²) < 4.78 is 5.10. The van der Waals surface area contributed by atoms with Crippen LogP contribution in [0.4, 0.5) is 0 Å². The highest BCUT2D eigenvalue weighted by Crippen LogP contribution is 2.18. The zero-order valence-corrected chi connectivity index (χ0v) is 11.1. The molecule has 0 spiro atoms. The van der Waals surface area contributed by atoms with Crippen LogP contribution < -0.4 is 11.1 Å². The fourth-order valence-electron chi connectivity index (χ4n) is 2.59. The molecule has 4 nitrogen and oxygen atoms in total. The molecule has 1 saturated carbocycles. The number of carbonyl (C=O) groups is 1. The molecular weight excluding hydrogens is 216 g/mol. The van der Waals surface area contributed by atoms with Crippen LogP contribution in [0.1, 0.15) is 45.4 Å². The Morgan fingerprint density at radius 2 is 1.94 bits per heavy atom. The van der Waals surface area contributed by atoms with Crippen LogP contribution in [-0.4, -0.2) is 31.7 Å². The Balaban J connectivity index is 2.49. The van der Waals surface area contributed by atoms with Gasteiger partial charge in [-0.25, -0.2) is 0 Å². The van der Waals surface area contributed by atoms with E-state index in [1.54, 1.807) is 7.11 Å². The van der Waals surface area contributed by atoms with E-state index in [4.69, 9.17) is 10.5 Å². The second-order valence-electron chi connectivity index (χ2n) is 5.17. The van der Waals surface area contributed by atoms with E-state index < -0.39 is 0 Å². The number of hydrogen-bond donors (Lipinski definition) is 2. The van der Waals surface area contributed by atoms with Crippen molar-refractivity contribution in [2.24, 2.45) is 11.7 Å². The molecule has 1 rings (SSSR count). The highest BCUT2D eigenvalue weighted by Gasteiger charge is 2.25. The Morgan fingerprint density at radius 3 is 2.41 bits per heavy atom. The van der Waals surface area contributed by atoms with Gasteiger partial charge in [0.2, 0.25) is 5.91 Å². The SMILES string of the molecule is COCC(C)C(NC1CCCCCC1)C(N)=O. The molecule has 17 heavy (non-hydrogen) atoms. The van der Waals surface area contributed by atoms with E-state index in [9.17, 15) is 4.79 Å². The van der Waals surface area contributed by atoms with Gasteiger partial charge in [0.05, 0.1) is 12.6 Å². The topological polar surface area (TPSA) is 64.3 Å². The van der Waals surface area contributed by atoms with E-state index in [0.29, 0.717) is 12.6 Å². The fraction of sp³-hybridized carbons (Fsp3) is 0.923. The summed E-state index contributed by atoms with van der Waals surface area (Å²) in [6.45, 7) is 2.57. The second kappa shape index (κ2) is 7.67. The number of rotatable bonds is 6. The highest BCUT2D eigenvalue weighted by molar-refractivity contribution is 5.80. The van der Waals surface area contributed by atoms with Gasteiger partial charge < -0.3 is 15.8 Å². The van der Waals surface area contributed by atoms with Crippen molar-refractivity contribution in [3.8, 4) is 0 Å².